The molecule has 0 unspecified atom stereocenters. The van der Waals surface area contributed by atoms with Crippen LogP contribution in [0.15, 0.2) is 85.2 Å². The molecule has 1 saturated heterocycles. The SMILES string of the molecule is C=C1NC(=O)[C@](CN2Cc3ccc(OC)cc3C2=O)(c2ccc(-c3ccc4nc(C)ccc4c3)cc2)N1. The van der Waals surface area contributed by atoms with Gasteiger partial charge in [-0.05, 0) is 59.5 Å². The molecule has 6 rings (SSSR count). The minimum Gasteiger partial charge on any atom is -0.497 e. The number of methoxy groups -OCH3 is 1. The van der Waals surface area contributed by atoms with Crippen LogP contribution in [0.1, 0.15) is 27.2 Å². The van der Waals surface area contributed by atoms with Crippen molar-refractivity contribution < 1.29 is 14.3 Å². The topological polar surface area (TPSA) is 83.6 Å². The van der Waals surface area contributed by atoms with E-state index < -0.39 is 5.54 Å². The molecule has 1 aromatic heterocycles. The molecule has 2 aliphatic rings. The Balaban J connectivity index is 1.32. The van der Waals surface area contributed by atoms with Gasteiger partial charge in [-0.3, -0.25) is 14.6 Å². The molecule has 0 bridgehead atoms. The Bertz CT molecular complexity index is 1590. The van der Waals surface area contributed by atoms with Crippen molar-refractivity contribution in [3.8, 4) is 16.9 Å². The lowest BCUT2D eigenvalue weighted by molar-refractivity contribution is -0.124. The first-order chi connectivity index (χ1) is 17.9. The highest BCUT2D eigenvalue weighted by molar-refractivity contribution is 6.00. The molecule has 37 heavy (non-hydrogen) atoms. The van der Waals surface area contributed by atoms with Gasteiger partial charge >= 0.3 is 0 Å². The molecule has 2 N–H and O–H groups in total. The van der Waals surface area contributed by atoms with Crippen molar-refractivity contribution in [2.75, 3.05) is 13.7 Å². The van der Waals surface area contributed by atoms with Gasteiger partial charge < -0.3 is 20.3 Å². The first kappa shape index (κ1) is 22.8. The number of ether oxygens (including phenoxy) is 1. The molecule has 0 spiro atoms. The fourth-order valence-electron chi connectivity index (χ4n) is 5.23. The van der Waals surface area contributed by atoms with Gasteiger partial charge in [0.1, 0.15) is 5.75 Å². The molecule has 184 valence electrons. The molecule has 2 aliphatic heterocycles. The van der Waals surface area contributed by atoms with Gasteiger partial charge in [0.05, 0.1) is 25.0 Å². The van der Waals surface area contributed by atoms with E-state index in [9.17, 15) is 9.59 Å². The number of amides is 2. The highest BCUT2D eigenvalue weighted by Crippen LogP contribution is 2.34. The summed E-state index contributed by atoms with van der Waals surface area (Å²) in [7, 11) is 1.58. The summed E-state index contributed by atoms with van der Waals surface area (Å²) in [6.07, 6.45) is 0. The van der Waals surface area contributed by atoms with Crippen LogP contribution >= 0.6 is 0 Å². The standard InChI is InChI=1S/C30H26N4O3/c1-18-4-5-22-14-21(9-13-27(22)31-18)20-6-10-24(11-7-20)30(29(36)32-19(2)33-30)17-34-16-23-8-12-25(37-3)15-26(23)28(34)35/h4-15,33H,2,16-17H2,1,3H3,(H,32,36)/t30-/m0/s1. The van der Waals surface area contributed by atoms with Gasteiger partial charge in [0, 0.05) is 23.2 Å². The lowest BCUT2D eigenvalue weighted by Gasteiger charge is -2.32. The molecule has 4 aromatic rings. The minimum absolute atomic E-state index is 0.128. The molecule has 0 radical (unpaired) electrons. The number of carbonyl (C=O) groups is 2. The molecule has 0 saturated carbocycles. The van der Waals surface area contributed by atoms with E-state index in [0.29, 0.717) is 23.7 Å². The van der Waals surface area contributed by atoms with Crippen LogP contribution in [0.4, 0.5) is 0 Å². The van der Waals surface area contributed by atoms with Gasteiger partial charge in [-0.1, -0.05) is 49.0 Å². The summed E-state index contributed by atoms with van der Waals surface area (Å²) in [5, 5.41) is 7.10. The fraction of sp³-hybridized carbons (Fsp3) is 0.167. The van der Waals surface area contributed by atoms with Gasteiger partial charge in [-0.2, -0.15) is 0 Å². The maximum atomic E-state index is 13.3. The molecule has 7 nitrogen and oxygen atoms in total. The normalized spacial score (nSPS) is 18.6. The molecule has 1 atom stereocenters. The predicted octanol–water partition coefficient (Wildman–Crippen LogP) is 4.26. The van der Waals surface area contributed by atoms with Crippen molar-refractivity contribution >= 4 is 22.7 Å². The van der Waals surface area contributed by atoms with Crippen LogP contribution in [0.2, 0.25) is 0 Å². The molecule has 3 aromatic carbocycles. The number of aryl methyl sites for hydroxylation is 1. The Morgan fingerprint density at radius 3 is 2.51 bits per heavy atom. The van der Waals surface area contributed by atoms with Crippen molar-refractivity contribution in [1.82, 2.24) is 20.5 Å². The number of nitrogens with zero attached hydrogens (tertiary/aromatic N) is 2. The van der Waals surface area contributed by atoms with E-state index in [1.54, 1.807) is 18.1 Å². The van der Waals surface area contributed by atoms with E-state index in [4.69, 9.17) is 4.74 Å². The van der Waals surface area contributed by atoms with Crippen molar-refractivity contribution in [3.63, 3.8) is 0 Å². The Labute approximate surface area is 214 Å². The number of rotatable bonds is 5. The molecule has 3 heterocycles. The number of nitrogens with one attached hydrogen (secondary N) is 2. The van der Waals surface area contributed by atoms with Crippen molar-refractivity contribution in [1.29, 1.82) is 0 Å². The summed E-state index contributed by atoms with van der Waals surface area (Å²) in [6, 6.07) is 23.6. The van der Waals surface area contributed by atoms with Crippen LogP contribution in [-0.4, -0.2) is 35.4 Å². The number of aromatic nitrogens is 1. The van der Waals surface area contributed by atoms with E-state index in [1.807, 2.05) is 55.5 Å². The van der Waals surface area contributed by atoms with E-state index in [2.05, 4.69) is 40.4 Å². The summed E-state index contributed by atoms with van der Waals surface area (Å²) in [4.78, 5) is 32.8. The highest BCUT2D eigenvalue weighted by Gasteiger charge is 2.48. The van der Waals surface area contributed by atoms with Crippen LogP contribution in [0.5, 0.6) is 5.75 Å². The largest absolute Gasteiger partial charge is 0.497 e. The Morgan fingerprint density at radius 1 is 1.00 bits per heavy atom. The van der Waals surface area contributed by atoms with Crippen LogP contribution in [-0.2, 0) is 16.9 Å². The highest BCUT2D eigenvalue weighted by atomic mass is 16.5. The monoisotopic (exact) mass is 490 g/mol. The van der Waals surface area contributed by atoms with E-state index in [0.717, 1.165) is 38.9 Å². The Morgan fingerprint density at radius 2 is 1.78 bits per heavy atom. The molecular weight excluding hydrogens is 464 g/mol. The van der Waals surface area contributed by atoms with Crippen LogP contribution in [0, 0.1) is 6.92 Å². The molecular formula is C30H26N4O3. The number of fused-ring (bicyclic) bond motifs is 2. The molecule has 7 heteroatoms. The first-order valence-corrected chi connectivity index (χ1v) is 12.1. The van der Waals surface area contributed by atoms with E-state index in [-0.39, 0.29) is 18.4 Å². The maximum absolute atomic E-state index is 13.3. The summed E-state index contributed by atoms with van der Waals surface area (Å²) in [5.74, 6) is 0.678. The quantitative estimate of drug-likeness (QED) is 0.437. The zero-order chi connectivity index (χ0) is 25.7. The van der Waals surface area contributed by atoms with Gasteiger partial charge in [0.2, 0.25) is 0 Å². The number of pyridine rings is 1. The Kier molecular flexibility index (Phi) is 5.22. The summed E-state index contributed by atoms with van der Waals surface area (Å²) in [6.45, 7) is 6.47. The second kappa shape index (κ2) is 8.48. The number of hydrogen-bond acceptors (Lipinski definition) is 5. The lowest BCUT2D eigenvalue weighted by Crippen LogP contribution is -2.52. The fourth-order valence-corrected chi connectivity index (χ4v) is 5.23. The lowest BCUT2D eigenvalue weighted by atomic mass is 9.88. The van der Waals surface area contributed by atoms with Crippen molar-refractivity contribution in [3.05, 3.63) is 108 Å². The van der Waals surface area contributed by atoms with Gasteiger partial charge in [-0.25, -0.2) is 0 Å². The molecule has 0 aliphatic carbocycles. The van der Waals surface area contributed by atoms with Crippen LogP contribution in [0.3, 0.4) is 0 Å². The summed E-state index contributed by atoms with van der Waals surface area (Å²) in [5.41, 5.74) is 5.14. The number of benzene rings is 3. The summed E-state index contributed by atoms with van der Waals surface area (Å²) < 4.78 is 5.29. The zero-order valence-electron chi connectivity index (χ0n) is 20.7. The average Bonchev–Trinajstić information content (AvgIpc) is 3.38. The third-order valence-corrected chi connectivity index (χ3v) is 7.18. The third kappa shape index (κ3) is 3.80. The zero-order valence-corrected chi connectivity index (χ0v) is 20.7. The maximum Gasteiger partial charge on any atom is 0.257 e. The van der Waals surface area contributed by atoms with E-state index >= 15 is 0 Å². The van der Waals surface area contributed by atoms with Crippen LogP contribution < -0.4 is 15.4 Å². The van der Waals surface area contributed by atoms with E-state index in [1.165, 1.54) is 0 Å². The Hall–Kier alpha value is -4.65. The van der Waals surface area contributed by atoms with Crippen molar-refractivity contribution in [2.45, 2.75) is 19.0 Å². The van der Waals surface area contributed by atoms with Gasteiger partial charge in [0.25, 0.3) is 11.8 Å². The average molecular weight is 491 g/mol. The second-order valence-corrected chi connectivity index (χ2v) is 9.58. The molecule has 2 amide bonds. The predicted molar refractivity (Wildman–Crippen MR) is 142 cm³/mol. The first-order valence-electron chi connectivity index (χ1n) is 12.1. The molecule has 1 fully saturated rings. The number of hydrogen-bond donors (Lipinski definition) is 2. The number of carbonyl (C=O) groups excluding carboxylic acids is 2. The van der Waals surface area contributed by atoms with Crippen LogP contribution in [0.25, 0.3) is 22.0 Å². The second-order valence-electron chi connectivity index (χ2n) is 9.58. The van der Waals surface area contributed by atoms with Gasteiger partial charge in [-0.15, -0.1) is 0 Å². The van der Waals surface area contributed by atoms with Gasteiger partial charge in [0.15, 0.2) is 5.54 Å². The minimum atomic E-state index is -1.15. The van der Waals surface area contributed by atoms with Crippen molar-refractivity contribution in [2.24, 2.45) is 0 Å². The third-order valence-electron chi connectivity index (χ3n) is 7.18. The summed E-state index contributed by atoms with van der Waals surface area (Å²) >= 11 is 0. The smallest absolute Gasteiger partial charge is 0.257 e.